The van der Waals surface area contributed by atoms with Crippen LogP contribution in [0.5, 0.6) is 0 Å². The number of nitrogens with one attached hydrogen (secondary N) is 1. The molecule has 0 spiro atoms. The zero-order chi connectivity index (χ0) is 14.7. The Kier molecular flexibility index (Phi) is 4.39. The Bertz CT molecular complexity index is 656. The number of amides is 1. The van der Waals surface area contributed by atoms with Crippen LogP contribution in [0.2, 0.25) is 0 Å². The molecule has 5 heteroatoms. The molecule has 0 fully saturated rings. The van der Waals surface area contributed by atoms with Crippen molar-refractivity contribution in [3.8, 4) is 0 Å². The molecule has 1 aromatic heterocycles. The van der Waals surface area contributed by atoms with Crippen molar-refractivity contribution in [1.82, 2.24) is 4.98 Å². The molecule has 2 aromatic rings. The fraction of sp³-hybridized carbons (Fsp3) is 0.200. The number of carbonyl (C=O) groups is 1. The molecule has 0 radical (unpaired) electrons. The molecule has 20 heavy (non-hydrogen) atoms. The van der Waals surface area contributed by atoms with E-state index in [9.17, 15) is 4.79 Å². The number of anilines is 2. The molecule has 0 saturated carbocycles. The molecule has 0 atom stereocenters. The van der Waals surface area contributed by atoms with Gasteiger partial charge in [-0.1, -0.05) is 13.0 Å². The fourth-order valence-electron chi connectivity index (χ4n) is 1.85. The van der Waals surface area contributed by atoms with Crippen molar-refractivity contribution in [3.63, 3.8) is 0 Å². The molecule has 3 N–H and O–H groups in total. The normalized spacial score (nSPS) is 10.3. The van der Waals surface area contributed by atoms with Crippen LogP contribution in [0.3, 0.4) is 0 Å². The summed E-state index contributed by atoms with van der Waals surface area (Å²) >= 11 is 3.42. The summed E-state index contributed by atoms with van der Waals surface area (Å²) in [6, 6.07) is 9.13. The predicted octanol–water partition coefficient (Wildman–Crippen LogP) is 3.55. The molecule has 0 unspecified atom stereocenters. The van der Waals surface area contributed by atoms with E-state index in [0.717, 1.165) is 27.8 Å². The number of aryl methyl sites for hydroxylation is 2. The summed E-state index contributed by atoms with van der Waals surface area (Å²) in [5, 5.41) is 2.88. The predicted molar refractivity (Wildman–Crippen MR) is 84.9 cm³/mol. The van der Waals surface area contributed by atoms with Gasteiger partial charge in [0.2, 0.25) is 0 Å². The highest BCUT2D eigenvalue weighted by Crippen LogP contribution is 2.24. The Morgan fingerprint density at radius 3 is 2.80 bits per heavy atom. The third-order valence-corrected chi connectivity index (χ3v) is 3.58. The summed E-state index contributed by atoms with van der Waals surface area (Å²) in [6.07, 6.45) is 0.736. The molecule has 1 aromatic carbocycles. The maximum absolute atomic E-state index is 12.3. The Morgan fingerprint density at radius 1 is 1.35 bits per heavy atom. The van der Waals surface area contributed by atoms with Crippen LogP contribution in [-0.2, 0) is 6.42 Å². The van der Waals surface area contributed by atoms with Gasteiger partial charge in [-0.15, -0.1) is 0 Å². The third-order valence-electron chi connectivity index (χ3n) is 2.89. The molecule has 2 rings (SSSR count). The second kappa shape index (κ2) is 6.05. The number of benzene rings is 1. The highest BCUT2D eigenvalue weighted by molar-refractivity contribution is 9.10. The first-order valence-corrected chi connectivity index (χ1v) is 7.13. The molecule has 104 valence electrons. The average molecular weight is 334 g/mol. The monoisotopic (exact) mass is 333 g/mol. The Balaban J connectivity index is 2.28. The number of carbonyl (C=O) groups excluding carboxylic acids is 1. The van der Waals surface area contributed by atoms with Crippen LogP contribution < -0.4 is 11.1 Å². The summed E-state index contributed by atoms with van der Waals surface area (Å²) in [5.41, 5.74) is 8.86. The number of nitrogen functional groups attached to an aromatic ring is 1. The van der Waals surface area contributed by atoms with Crippen LogP contribution in [0.1, 0.15) is 28.5 Å². The first-order chi connectivity index (χ1) is 9.49. The minimum atomic E-state index is -0.194. The molecule has 0 saturated heterocycles. The van der Waals surface area contributed by atoms with Crippen molar-refractivity contribution in [2.45, 2.75) is 20.3 Å². The van der Waals surface area contributed by atoms with Gasteiger partial charge >= 0.3 is 0 Å². The number of pyridine rings is 1. The van der Waals surface area contributed by atoms with Crippen LogP contribution in [-0.4, -0.2) is 10.9 Å². The van der Waals surface area contributed by atoms with E-state index in [0.29, 0.717) is 11.4 Å². The molecule has 0 aliphatic heterocycles. The molecule has 4 nitrogen and oxygen atoms in total. The lowest BCUT2D eigenvalue weighted by atomic mass is 10.1. The quantitative estimate of drug-likeness (QED) is 0.902. The summed E-state index contributed by atoms with van der Waals surface area (Å²) in [4.78, 5) is 16.4. The largest absolute Gasteiger partial charge is 0.384 e. The van der Waals surface area contributed by atoms with Gasteiger partial charge < -0.3 is 11.1 Å². The fourth-order valence-corrected chi connectivity index (χ4v) is 2.20. The van der Waals surface area contributed by atoms with Gasteiger partial charge in [0.1, 0.15) is 5.82 Å². The Morgan fingerprint density at radius 2 is 2.10 bits per heavy atom. The minimum absolute atomic E-state index is 0.194. The SMILES string of the molecule is CCc1cc(C(=O)Nc2cc(C)ccc2Br)cc(N)n1. The maximum Gasteiger partial charge on any atom is 0.255 e. The molecular weight excluding hydrogens is 318 g/mol. The number of nitrogens with two attached hydrogens (primary N) is 1. The number of hydrogen-bond acceptors (Lipinski definition) is 3. The van der Waals surface area contributed by atoms with Crippen molar-refractivity contribution in [2.75, 3.05) is 11.1 Å². The topological polar surface area (TPSA) is 68.0 Å². The summed E-state index contributed by atoms with van der Waals surface area (Å²) in [5.74, 6) is 0.165. The van der Waals surface area contributed by atoms with Gasteiger partial charge in [0.05, 0.1) is 5.69 Å². The van der Waals surface area contributed by atoms with E-state index < -0.39 is 0 Å². The number of halogens is 1. The lowest BCUT2D eigenvalue weighted by Crippen LogP contribution is -2.14. The van der Waals surface area contributed by atoms with E-state index in [1.54, 1.807) is 12.1 Å². The molecule has 0 aliphatic rings. The second-order valence-electron chi connectivity index (χ2n) is 4.56. The standard InChI is InChI=1S/C15H16BrN3O/c1-3-11-7-10(8-14(17)18-11)15(20)19-13-6-9(2)4-5-12(13)16/h4-8H,3H2,1-2H3,(H2,17,18)(H,19,20). The number of aromatic nitrogens is 1. The number of nitrogens with zero attached hydrogens (tertiary/aromatic N) is 1. The lowest BCUT2D eigenvalue weighted by Gasteiger charge is -2.09. The average Bonchev–Trinajstić information content (AvgIpc) is 2.42. The van der Waals surface area contributed by atoms with Crippen LogP contribution >= 0.6 is 15.9 Å². The highest BCUT2D eigenvalue weighted by Gasteiger charge is 2.10. The Hall–Kier alpha value is -1.88. The summed E-state index contributed by atoms with van der Waals surface area (Å²) in [7, 11) is 0. The lowest BCUT2D eigenvalue weighted by molar-refractivity contribution is 0.102. The van der Waals surface area contributed by atoms with Gasteiger partial charge in [0.25, 0.3) is 5.91 Å². The van der Waals surface area contributed by atoms with Gasteiger partial charge in [-0.2, -0.15) is 0 Å². The van der Waals surface area contributed by atoms with Gasteiger partial charge in [-0.05, 0) is 59.1 Å². The van der Waals surface area contributed by atoms with Crippen molar-refractivity contribution >= 4 is 33.3 Å². The summed E-state index contributed by atoms with van der Waals surface area (Å²) < 4.78 is 0.842. The van der Waals surface area contributed by atoms with E-state index >= 15 is 0 Å². The van der Waals surface area contributed by atoms with Crippen molar-refractivity contribution in [2.24, 2.45) is 0 Å². The molecular formula is C15H16BrN3O. The number of hydrogen-bond donors (Lipinski definition) is 2. The molecule has 0 bridgehead atoms. The van der Waals surface area contributed by atoms with E-state index in [4.69, 9.17) is 5.73 Å². The van der Waals surface area contributed by atoms with Gasteiger partial charge in [-0.3, -0.25) is 4.79 Å². The van der Waals surface area contributed by atoms with Crippen molar-refractivity contribution in [1.29, 1.82) is 0 Å². The first kappa shape index (κ1) is 14.5. The smallest absolute Gasteiger partial charge is 0.255 e. The van der Waals surface area contributed by atoms with Crippen molar-refractivity contribution < 1.29 is 4.79 Å². The van der Waals surface area contributed by atoms with E-state index in [1.165, 1.54) is 0 Å². The minimum Gasteiger partial charge on any atom is -0.384 e. The maximum atomic E-state index is 12.3. The zero-order valence-electron chi connectivity index (χ0n) is 11.4. The molecule has 1 heterocycles. The van der Waals surface area contributed by atoms with Crippen LogP contribution in [0.4, 0.5) is 11.5 Å². The van der Waals surface area contributed by atoms with E-state index in [2.05, 4.69) is 26.2 Å². The van der Waals surface area contributed by atoms with Gasteiger partial charge in [-0.25, -0.2) is 4.98 Å². The zero-order valence-corrected chi connectivity index (χ0v) is 13.0. The van der Waals surface area contributed by atoms with E-state index in [1.807, 2.05) is 32.0 Å². The molecule has 1 amide bonds. The van der Waals surface area contributed by atoms with E-state index in [-0.39, 0.29) is 5.91 Å². The first-order valence-electron chi connectivity index (χ1n) is 6.33. The highest BCUT2D eigenvalue weighted by atomic mass is 79.9. The van der Waals surface area contributed by atoms with Crippen LogP contribution in [0.25, 0.3) is 0 Å². The second-order valence-corrected chi connectivity index (χ2v) is 5.42. The number of rotatable bonds is 3. The van der Waals surface area contributed by atoms with Crippen molar-refractivity contribution in [3.05, 3.63) is 51.6 Å². The third kappa shape index (κ3) is 3.36. The Labute approximate surface area is 126 Å². The van der Waals surface area contributed by atoms with Gasteiger partial charge in [0, 0.05) is 15.7 Å². The summed E-state index contributed by atoms with van der Waals surface area (Å²) in [6.45, 7) is 3.95. The van der Waals surface area contributed by atoms with Gasteiger partial charge in [0.15, 0.2) is 0 Å². The van der Waals surface area contributed by atoms with Crippen LogP contribution in [0, 0.1) is 6.92 Å². The van der Waals surface area contributed by atoms with Crippen LogP contribution in [0.15, 0.2) is 34.8 Å². The molecule has 0 aliphatic carbocycles.